The van der Waals surface area contributed by atoms with Crippen LogP contribution in [0.2, 0.25) is 0 Å². The lowest BCUT2D eigenvalue weighted by Gasteiger charge is -2.27. The van der Waals surface area contributed by atoms with Crippen molar-refractivity contribution in [3.05, 3.63) is 0 Å². The van der Waals surface area contributed by atoms with E-state index in [0.29, 0.717) is 6.42 Å². The Labute approximate surface area is 179 Å². The molecule has 178 valence electrons. The van der Waals surface area contributed by atoms with Gasteiger partial charge >= 0.3 is 11.9 Å². The number of carbonyl (C=O) groups is 5. The van der Waals surface area contributed by atoms with Gasteiger partial charge in [-0.2, -0.15) is 0 Å². The maximum Gasteiger partial charge on any atom is 0.328 e. The number of carbonyl (C=O) groups excluding carboxylic acids is 3. The highest BCUT2D eigenvalue weighted by molar-refractivity contribution is 5.94. The minimum Gasteiger partial charge on any atom is -0.481 e. The number of amides is 3. The Morgan fingerprint density at radius 3 is 1.87 bits per heavy atom. The first kappa shape index (κ1) is 28.2. The van der Waals surface area contributed by atoms with Gasteiger partial charge in [-0.15, -0.1) is 0 Å². The predicted octanol–water partition coefficient (Wildman–Crippen LogP) is -2.86. The van der Waals surface area contributed by atoms with Gasteiger partial charge in [0.25, 0.3) is 0 Å². The standard InChI is InChI=1S/C18H32N4O9/c1-4-8(2)13(21-15(27)10(19)5-6-12(25)26)17(29)20-11(7-23)16(28)22-14(9(3)24)18(30)31/h8-11,13-14,23-24H,4-7,19H2,1-3H3,(H,20,29)(H,21,27)(H,22,28)(H,25,26)(H,30,31). The molecule has 0 rings (SSSR count). The Morgan fingerprint density at radius 1 is 0.903 bits per heavy atom. The second-order valence-electron chi connectivity index (χ2n) is 7.22. The Hall–Kier alpha value is -2.77. The molecule has 0 spiro atoms. The first-order valence-corrected chi connectivity index (χ1v) is 9.75. The van der Waals surface area contributed by atoms with Crippen molar-refractivity contribution in [1.29, 1.82) is 0 Å². The third-order valence-corrected chi connectivity index (χ3v) is 4.66. The fourth-order valence-corrected chi connectivity index (χ4v) is 2.47. The zero-order valence-electron chi connectivity index (χ0n) is 17.7. The molecule has 6 atom stereocenters. The number of carboxylic acids is 2. The smallest absolute Gasteiger partial charge is 0.328 e. The topological polar surface area (TPSA) is 228 Å². The van der Waals surface area contributed by atoms with Crippen LogP contribution in [-0.2, 0) is 24.0 Å². The number of nitrogens with two attached hydrogens (primary N) is 1. The molecule has 6 unspecified atom stereocenters. The van der Waals surface area contributed by atoms with E-state index in [-0.39, 0.29) is 12.8 Å². The van der Waals surface area contributed by atoms with Crippen LogP contribution in [0.4, 0.5) is 0 Å². The number of aliphatic hydroxyl groups is 2. The van der Waals surface area contributed by atoms with Gasteiger partial charge in [-0.05, 0) is 19.3 Å². The molecule has 0 aromatic rings. The lowest BCUT2D eigenvalue weighted by molar-refractivity contribution is -0.145. The Kier molecular flexibility index (Phi) is 12.3. The lowest BCUT2D eigenvalue weighted by atomic mass is 9.97. The SMILES string of the molecule is CCC(C)C(NC(=O)C(N)CCC(=O)O)C(=O)NC(CO)C(=O)NC(C(=O)O)C(C)O. The van der Waals surface area contributed by atoms with E-state index >= 15 is 0 Å². The first-order valence-electron chi connectivity index (χ1n) is 9.75. The molecule has 0 saturated heterocycles. The van der Waals surface area contributed by atoms with Crippen molar-refractivity contribution >= 4 is 29.7 Å². The van der Waals surface area contributed by atoms with Crippen LogP contribution < -0.4 is 21.7 Å². The summed E-state index contributed by atoms with van der Waals surface area (Å²) in [5.41, 5.74) is 5.65. The molecular weight excluding hydrogens is 416 g/mol. The summed E-state index contributed by atoms with van der Waals surface area (Å²) >= 11 is 0. The van der Waals surface area contributed by atoms with Gasteiger partial charge in [-0.25, -0.2) is 4.79 Å². The van der Waals surface area contributed by atoms with Crippen molar-refractivity contribution in [2.45, 2.75) is 70.3 Å². The van der Waals surface area contributed by atoms with E-state index in [9.17, 15) is 34.2 Å². The molecule has 0 aliphatic rings. The zero-order valence-corrected chi connectivity index (χ0v) is 17.7. The quantitative estimate of drug-likeness (QED) is 0.135. The van der Waals surface area contributed by atoms with Gasteiger partial charge in [0.1, 0.15) is 12.1 Å². The number of aliphatic carboxylic acids is 2. The second kappa shape index (κ2) is 13.5. The van der Waals surface area contributed by atoms with Crippen LogP contribution in [0, 0.1) is 5.92 Å². The van der Waals surface area contributed by atoms with E-state index in [1.807, 2.05) is 5.32 Å². The highest BCUT2D eigenvalue weighted by atomic mass is 16.4. The molecule has 0 heterocycles. The number of carboxylic acid groups (broad SMARTS) is 2. The largest absolute Gasteiger partial charge is 0.481 e. The van der Waals surface area contributed by atoms with Gasteiger partial charge in [-0.1, -0.05) is 20.3 Å². The van der Waals surface area contributed by atoms with E-state index in [0.717, 1.165) is 6.92 Å². The van der Waals surface area contributed by atoms with Crippen molar-refractivity contribution in [2.24, 2.45) is 11.7 Å². The van der Waals surface area contributed by atoms with E-state index in [1.165, 1.54) is 0 Å². The molecule has 3 amide bonds. The fraction of sp³-hybridized carbons (Fsp3) is 0.722. The van der Waals surface area contributed by atoms with Gasteiger partial charge in [0.05, 0.1) is 18.8 Å². The molecular formula is C18H32N4O9. The molecule has 13 heteroatoms. The molecule has 0 aliphatic carbocycles. The van der Waals surface area contributed by atoms with Crippen LogP contribution in [0.25, 0.3) is 0 Å². The summed E-state index contributed by atoms with van der Waals surface area (Å²) in [6, 6.07) is -5.52. The highest BCUT2D eigenvalue weighted by Gasteiger charge is 2.33. The number of hydrogen-bond acceptors (Lipinski definition) is 8. The molecule has 0 saturated carbocycles. The average Bonchev–Trinajstić information content (AvgIpc) is 2.70. The van der Waals surface area contributed by atoms with E-state index < -0.39 is 72.5 Å². The van der Waals surface area contributed by atoms with Crippen LogP contribution >= 0.6 is 0 Å². The summed E-state index contributed by atoms with van der Waals surface area (Å²) in [6.45, 7) is 3.67. The summed E-state index contributed by atoms with van der Waals surface area (Å²) in [7, 11) is 0. The number of rotatable bonds is 14. The van der Waals surface area contributed by atoms with Crippen molar-refractivity contribution in [3.8, 4) is 0 Å². The van der Waals surface area contributed by atoms with Crippen molar-refractivity contribution in [2.75, 3.05) is 6.61 Å². The third kappa shape index (κ3) is 9.72. The molecule has 0 aliphatic heterocycles. The van der Waals surface area contributed by atoms with E-state index in [4.69, 9.17) is 15.9 Å². The molecule has 0 radical (unpaired) electrons. The van der Waals surface area contributed by atoms with Crippen LogP contribution in [0.5, 0.6) is 0 Å². The van der Waals surface area contributed by atoms with Crippen LogP contribution in [0.3, 0.4) is 0 Å². The molecule has 31 heavy (non-hydrogen) atoms. The van der Waals surface area contributed by atoms with Gasteiger partial charge in [-0.3, -0.25) is 19.2 Å². The molecule has 0 aromatic carbocycles. The molecule has 0 bridgehead atoms. The minimum absolute atomic E-state index is 0.145. The van der Waals surface area contributed by atoms with Gasteiger partial charge in [0, 0.05) is 6.42 Å². The van der Waals surface area contributed by atoms with Gasteiger partial charge in [0.15, 0.2) is 6.04 Å². The third-order valence-electron chi connectivity index (χ3n) is 4.66. The summed E-state index contributed by atoms with van der Waals surface area (Å²) < 4.78 is 0. The van der Waals surface area contributed by atoms with Gasteiger partial charge < -0.3 is 42.1 Å². The summed E-state index contributed by atoms with van der Waals surface area (Å²) in [4.78, 5) is 58.9. The predicted molar refractivity (Wildman–Crippen MR) is 106 cm³/mol. The second-order valence-corrected chi connectivity index (χ2v) is 7.22. The fourth-order valence-electron chi connectivity index (χ4n) is 2.47. The van der Waals surface area contributed by atoms with Crippen molar-refractivity contribution in [3.63, 3.8) is 0 Å². The van der Waals surface area contributed by atoms with Gasteiger partial charge in [0.2, 0.25) is 17.7 Å². The number of hydrogen-bond donors (Lipinski definition) is 8. The summed E-state index contributed by atoms with van der Waals surface area (Å²) in [5.74, 6) is -5.68. The van der Waals surface area contributed by atoms with Crippen molar-refractivity contribution < 1.29 is 44.4 Å². The molecule has 0 fully saturated rings. The van der Waals surface area contributed by atoms with Crippen LogP contribution in [0.1, 0.15) is 40.0 Å². The lowest BCUT2D eigenvalue weighted by Crippen LogP contribution is -2.60. The number of nitrogens with one attached hydrogen (secondary N) is 3. The van der Waals surface area contributed by atoms with Crippen LogP contribution in [0.15, 0.2) is 0 Å². The average molecular weight is 448 g/mol. The summed E-state index contributed by atoms with van der Waals surface area (Å²) in [5, 5.41) is 43.3. The Balaban J connectivity index is 5.27. The zero-order chi connectivity index (χ0) is 24.3. The van der Waals surface area contributed by atoms with Crippen LogP contribution in [-0.4, -0.2) is 87.0 Å². The van der Waals surface area contributed by atoms with E-state index in [1.54, 1.807) is 13.8 Å². The van der Waals surface area contributed by atoms with E-state index in [2.05, 4.69) is 10.6 Å². The Morgan fingerprint density at radius 2 is 1.45 bits per heavy atom. The first-order chi connectivity index (χ1) is 14.3. The molecule has 9 N–H and O–H groups in total. The highest BCUT2D eigenvalue weighted by Crippen LogP contribution is 2.09. The maximum absolute atomic E-state index is 12.7. The number of aliphatic hydroxyl groups excluding tert-OH is 2. The maximum atomic E-state index is 12.7. The normalized spacial score (nSPS) is 16.7. The molecule has 13 nitrogen and oxygen atoms in total. The summed E-state index contributed by atoms with van der Waals surface area (Å²) in [6.07, 6.45) is -1.47. The molecule has 0 aromatic heterocycles. The Bertz CT molecular complexity index is 656. The monoisotopic (exact) mass is 448 g/mol. The van der Waals surface area contributed by atoms with Crippen molar-refractivity contribution in [1.82, 2.24) is 16.0 Å². The minimum atomic E-state index is -1.66.